The first-order valence-electron chi connectivity index (χ1n) is 9.01. The summed E-state index contributed by atoms with van der Waals surface area (Å²) in [5, 5.41) is 14.5. The molecule has 6 nitrogen and oxygen atoms in total. The number of likely N-dealkylation sites (tertiary alicyclic amines) is 1. The van der Waals surface area contributed by atoms with Crippen LogP contribution in [-0.2, 0) is 13.1 Å². The molecule has 1 saturated heterocycles. The fourth-order valence-corrected chi connectivity index (χ4v) is 3.86. The number of carbonyl (C=O) groups excluding carboxylic acids is 1. The van der Waals surface area contributed by atoms with E-state index in [1.54, 1.807) is 6.20 Å². The number of aromatic nitrogens is 3. The minimum Gasteiger partial charge on any atom is -0.333 e. The third-order valence-corrected chi connectivity index (χ3v) is 5.10. The molecular formula is C20H21N5O. The van der Waals surface area contributed by atoms with Gasteiger partial charge in [-0.1, -0.05) is 18.2 Å². The standard InChI is InChI=1S/C20H21N5O/c21-9-13-25-18-8-2-1-6-16(18)14-19(25)20(26)24-12-4-3-7-17(24)15-23-11-5-10-22-23/h1-2,5-6,8,10-11,14,17H,3-4,7,12-13,15H2/t17-/m1/s1. The maximum Gasteiger partial charge on any atom is 0.270 e. The van der Waals surface area contributed by atoms with Crippen LogP contribution in [0.15, 0.2) is 48.8 Å². The lowest BCUT2D eigenvalue weighted by Gasteiger charge is -2.35. The van der Waals surface area contributed by atoms with Crippen LogP contribution in [-0.4, -0.2) is 37.7 Å². The summed E-state index contributed by atoms with van der Waals surface area (Å²) in [5.41, 5.74) is 1.53. The molecule has 1 aliphatic rings. The molecule has 132 valence electrons. The second kappa shape index (κ2) is 7.04. The van der Waals surface area contributed by atoms with Crippen molar-refractivity contribution in [2.24, 2.45) is 0 Å². The van der Waals surface area contributed by atoms with Crippen LogP contribution in [0.25, 0.3) is 10.9 Å². The summed E-state index contributed by atoms with van der Waals surface area (Å²) < 4.78 is 3.72. The predicted octanol–water partition coefficient (Wildman–Crippen LogP) is 3.06. The van der Waals surface area contributed by atoms with E-state index in [1.165, 1.54) is 0 Å². The van der Waals surface area contributed by atoms with Crippen molar-refractivity contribution in [2.45, 2.75) is 38.4 Å². The van der Waals surface area contributed by atoms with Crippen molar-refractivity contribution in [3.8, 4) is 6.07 Å². The number of para-hydroxylation sites is 1. The Morgan fingerprint density at radius 2 is 2.15 bits per heavy atom. The number of nitriles is 1. The van der Waals surface area contributed by atoms with Crippen LogP contribution in [0.3, 0.4) is 0 Å². The highest BCUT2D eigenvalue weighted by Gasteiger charge is 2.30. The summed E-state index contributed by atoms with van der Waals surface area (Å²) in [6.07, 6.45) is 6.81. The van der Waals surface area contributed by atoms with Gasteiger partial charge >= 0.3 is 0 Å². The Morgan fingerprint density at radius 1 is 1.27 bits per heavy atom. The van der Waals surface area contributed by atoms with Crippen molar-refractivity contribution in [3.05, 3.63) is 54.5 Å². The Morgan fingerprint density at radius 3 is 2.96 bits per heavy atom. The highest BCUT2D eigenvalue weighted by Crippen LogP contribution is 2.25. The molecule has 6 heteroatoms. The zero-order chi connectivity index (χ0) is 17.9. The summed E-state index contributed by atoms with van der Waals surface area (Å²) in [6, 6.07) is 14.0. The molecule has 4 rings (SSSR count). The Balaban J connectivity index is 1.68. The van der Waals surface area contributed by atoms with Crippen LogP contribution in [0, 0.1) is 11.3 Å². The first kappa shape index (κ1) is 16.4. The monoisotopic (exact) mass is 347 g/mol. The number of fused-ring (bicyclic) bond motifs is 1. The number of piperidine rings is 1. The van der Waals surface area contributed by atoms with Crippen molar-refractivity contribution in [3.63, 3.8) is 0 Å². The van der Waals surface area contributed by atoms with Crippen molar-refractivity contribution in [1.29, 1.82) is 5.26 Å². The predicted molar refractivity (Wildman–Crippen MR) is 98.5 cm³/mol. The first-order chi connectivity index (χ1) is 12.8. The Hall–Kier alpha value is -3.07. The second-order valence-electron chi connectivity index (χ2n) is 6.71. The SMILES string of the molecule is N#CCn1c(C(=O)N2CCCC[C@@H]2Cn2cccn2)cc2ccccc21. The average Bonchev–Trinajstić information content (AvgIpc) is 3.30. The first-order valence-corrected chi connectivity index (χ1v) is 9.01. The molecule has 0 radical (unpaired) electrons. The van der Waals surface area contributed by atoms with Gasteiger partial charge in [0.05, 0.1) is 18.7 Å². The van der Waals surface area contributed by atoms with E-state index >= 15 is 0 Å². The number of nitrogens with zero attached hydrogens (tertiary/aromatic N) is 5. The Labute approximate surface area is 152 Å². The maximum atomic E-state index is 13.4. The van der Waals surface area contributed by atoms with E-state index in [9.17, 15) is 10.1 Å². The molecule has 1 fully saturated rings. The minimum absolute atomic E-state index is 0.00769. The molecule has 1 aromatic carbocycles. The van der Waals surface area contributed by atoms with Crippen molar-refractivity contribution >= 4 is 16.8 Å². The molecule has 3 heterocycles. The molecule has 0 bridgehead atoms. The fourth-order valence-electron chi connectivity index (χ4n) is 3.86. The van der Waals surface area contributed by atoms with Crippen LogP contribution in [0.2, 0.25) is 0 Å². The lowest BCUT2D eigenvalue weighted by molar-refractivity contribution is 0.0574. The Kier molecular flexibility index (Phi) is 4.44. The lowest BCUT2D eigenvalue weighted by Crippen LogP contribution is -2.46. The highest BCUT2D eigenvalue weighted by atomic mass is 16.2. The summed E-state index contributed by atoms with van der Waals surface area (Å²) in [4.78, 5) is 15.3. The molecule has 3 aromatic rings. The summed E-state index contributed by atoms with van der Waals surface area (Å²) >= 11 is 0. The third kappa shape index (κ3) is 2.97. The van der Waals surface area contributed by atoms with Gasteiger partial charge in [-0.15, -0.1) is 0 Å². The molecule has 26 heavy (non-hydrogen) atoms. The van der Waals surface area contributed by atoms with Gasteiger partial charge in [0, 0.05) is 29.8 Å². The topological polar surface area (TPSA) is 66.8 Å². The van der Waals surface area contributed by atoms with Crippen LogP contribution in [0.4, 0.5) is 0 Å². The van der Waals surface area contributed by atoms with Crippen molar-refractivity contribution in [2.75, 3.05) is 6.54 Å². The largest absolute Gasteiger partial charge is 0.333 e. The summed E-state index contributed by atoms with van der Waals surface area (Å²) in [5.74, 6) is 0.00769. The molecule has 0 aliphatic carbocycles. The minimum atomic E-state index is 0.00769. The number of carbonyl (C=O) groups is 1. The van der Waals surface area contributed by atoms with Crippen LogP contribution in [0.5, 0.6) is 0 Å². The number of benzene rings is 1. The van der Waals surface area contributed by atoms with Gasteiger partial charge in [-0.2, -0.15) is 10.4 Å². The second-order valence-corrected chi connectivity index (χ2v) is 6.71. The van der Waals surface area contributed by atoms with Gasteiger partial charge in [0.2, 0.25) is 0 Å². The summed E-state index contributed by atoms with van der Waals surface area (Å²) in [7, 11) is 0. The van der Waals surface area contributed by atoms with Gasteiger partial charge in [0.1, 0.15) is 12.2 Å². The van der Waals surface area contributed by atoms with E-state index in [0.717, 1.165) is 36.7 Å². The Bertz CT molecular complexity index is 950. The molecule has 1 amide bonds. The maximum absolute atomic E-state index is 13.4. The zero-order valence-corrected chi connectivity index (χ0v) is 14.6. The third-order valence-electron chi connectivity index (χ3n) is 5.10. The number of rotatable bonds is 4. The van der Waals surface area contributed by atoms with E-state index in [1.807, 2.05) is 56.7 Å². The fraction of sp³-hybridized carbons (Fsp3) is 0.350. The average molecular weight is 347 g/mol. The lowest BCUT2D eigenvalue weighted by atomic mass is 10.0. The highest BCUT2D eigenvalue weighted by molar-refractivity contribution is 5.99. The molecule has 2 aromatic heterocycles. The molecule has 0 unspecified atom stereocenters. The number of hydrogen-bond acceptors (Lipinski definition) is 3. The molecule has 1 aliphatic heterocycles. The normalized spacial score (nSPS) is 17.3. The van der Waals surface area contributed by atoms with E-state index in [2.05, 4.69) is 11.2 Å². The van der Waals surface area contributed by atoms with E-state index in [0.29, 0.717) is 12.2 Å². The van der Waals surface area contributed by atoms with E-state index in [-0.39, 0.29) is 18.5 Å². The number of amides is 1. The molecule has 0 N–H and O–H groups in total. The van der Waals surface area contributed by atoms with Gasteiger partial charge in [0.25, 0.3) is 5.91 Å². The van der Waals surface area contributed by atoms with Gasteiger partial charge < -0.3 is 9.47 Å². The summed E-state index contributed by atoms with van der Waals surface area (Å²) in [6.45, 7) is 1.63. The molecule has 1 atom stereocenters. The van der Waals surface area contributed by atoms with Gasteiger partial charge in [-0.3, -0.25) is 9.48 Å². The van der Waals surface area contributed by atoms with Gasteiger partial charge in [-0.25, -0.2) is 0 Å². The van der Waals surface area contributed by atoms with E-state index in [4.69, 9.17) is 0 Å². The van der Waals surface area contributed by atoms with Gasteiger partial charge in [-0.05, 0) is 37.5 Å². The van der Waals surface area contributed by atoms with Crippen LogP contribution in [0.1, 0.15) is 29.8 Å². The van der Waals surface area contributed by atoms with Crippen molar-refractivity contribution in [1.82, 2.24) is 19.2 Å². The molecule has 0 spiro atoms. The van der Waals surface area contributed by atoms with Gasteiger partial charge in [0.15, 0.2) is 0 Å². The smallest absolute Gasteiger partial charge is 0.270 e. The van der Waals surface area contributed by atoms with Crippen LogP contribution >= 0.6 is 0 Å². The van der Waals surface area contributed by atoms with Crippen LogP contribution < -0.4 is 0 Å². The van der Waals surface area contributed by atoms with Crippen molar-refractivity contribution < 1.29 is 4.79 Å². The molecular weight excluding hydrogens is 326 g/mol. The quantitative estimate of drug-likeness (QED) is 0.728. The molecule has 0 saturated carbocycles. The van der Waals surface area contributed by atoms with E-state index < -0.39 is 0 Å². The zero-order valence-electron chi connectivity index (χ0n) is 14.6. The number of hydrogen-bond donors (Lipinski definition) is 0.